The summed E-state index contributed by atoms with van der Waals surface area (Å²) in [5, 5.41) is 3.00. The van der Waals surface area contributed by atoms with Crippen LogP contribution in [0, 0.1) is 6.92 Å². The van der Waals surface area contributed by atoms with Gasteiger partial charge in [-0.1, -0.05) is 48.9 Å². The number of hydrogen-bond donors (Lipinski definition) is 1. The van der Waals surface area contributed by atoms with Crippen molar-refractivity contribution < 1.29 is 9.53 Å². The van der Waals surface area contributed by atoms with Crippen LogP contribution >= 0.6 is 0 Å². The number of imidazole rings is 1. The first-order valence-electron chi connectivity index (χ1n) is 10.6. The third-order valence-corrected chi connectivity index (χ3v) is 5.34. The molecule has 31 heavy (non-hydrogen) atoms. The van der Waals surface area contributed by atoms with Crippen LogP contribution in [0.2, 0.25) is 0 Å². The normalized spacial score (nSPS) is 10.9. The molecule has 0 aliphatic rings. The van der Waals surface area contributed by atoms with Gasteiger partial charge in [0.15, 0.2) is 0 Å². The van der Waals surface area contributed by atoms with Gasteiger partial charge in [0.05, 0.1) is 24.1 Å². The van der Waals surface area contributed by atoms with E-state index in [-0.39, 0.29) is 5.91 Å². The van der Waals surface area contributed by atoms with Gasteiger partial charge in [-0.2, -0.15) is 0 Å². The van der Waals surface area contributed by atoms with Crippen molar-refractivity contribution >= 4 is 16.9 Å². The molecule has 158 valence electrons. The fraction of sp³-hybridized carbons (Fsp3) is 0.231. The smallest absolute Gasteiger partial charge is 0.251 e. The third-order valence-electron chi connectivity index (χ3n) is 5.34. The number of nitrogens with zero attached hydrogens (tertiary/aromatic N) is 2. The van der Waals surface area contributed by atoms with Crippen LogP contribution in [0.15, 0.2) is 72.8 Å². The maximum atomic E-state index is 12.6. The van der Waals surface area contributed by atoms with Gasteiger partial charge in [-0.25, -0.2) is 4.98 Å². The van der Waals surface area contributed by atoms with E-state index < -0.39 is 0 Å². The number of carbonyl (C=O) groups is 1. The van der Waals surface area contributed by atoms with Crippen molar-refractivity contribution in [1.82, 2.24) is 14.9 Å². The molecule has 0 saturated carbocycles. The van der Waals surface area contributed by atoms with Gasteiger partial charge in [0.25, 0.3) is 5.91 Å². The molecule has 0 spiro atoms. The van der Waals surface area contributed by atoms with Crippen LogP contribution < -0.4 is 10.1 Å². The highest BCUT2D eigenvalue weighted by Gasteiger charge is 2.13. The Morgan fingerprint density at radius 2 is 1.84 bits per heavy atom. The molecule has 0 aliphatic heterocycles. The number of aryl methyl sites for hydroxylation is 2. The summed E-state index contributed by atoms with van der Waals surface area (Å²) >= 11 is 0. The molecule has 0 radical (unpaired) electrons. The first-order valence-corrected chi connectivity index (χ1v) is 10.6. The van der Waals surface area contributed by atoms with Crippen molar-refractivity contribution in [2.75, 3.05) is 6.61 Å². The molecule has 0 atom stereocenters. The first kappa shape index (κ1) is 20.7. The van der Waals surface area contributed by atoms with Crippen LogP contribution in [-0.4, -0.2) is 22.1 Å². The highest BCUT2D eigenvalue weighted by Crippen LogP contribution is 2.17. The zero-order chi connectivity index (χ0) is 21.6. The number of amides is 1. The minimum absolute atomic E-state index is 0.102. The third kappa shape index (κ3) is 4.94. The standard InChI is InChI=1S/C26H27N3O2/c1-3-20-11-13-22(14-12-20)31-16-15-29-24-10-5-4-9-23(24)28-25(29)18-27-26(30)21-8-6-7-19(2)17-21/h4-14,17H,3,15-16,18H2,1-2H3,(H,27,30). The summed E-state index contributed by atoms with van der Waals surface area (Å²) in [6, 6.07) is 23.8. The maximum absolute atomic E-state index is 12.6. The Bertz CT molecular complexity index is 1180. The molecular weight excluding hydrogens is 386 g/mol. The topological polar surface area (TPSA) is 56.1 Å². The van der Waals surface area contributed by atoms with Crippen LogP contribution in [0.25, 0.3) is 11.0 Å². The van der Waals surface area contributed by atoms with E-state index in [0.717, 1.165) is 34.6 Å². The maximum Gasteiger partial charge on any atom is 0.251 e. The average Bonchev–Trinajstić information content (AvgIpc) is 3.15. The lowest BCUT2D eigenvalue weighted by Crippen LogP contribution is -2.25. The first-order chi connectivity index (χ1) is 15.1. The number of aromatic nitrogens is 2. The van der Waals surface area contributed by atoms with Gasteiger partial charge in [0, 0.05) is 5.56 Å². The summed E-state index contributed by atoms with van der Waals surface area (Å²) in [5.41, 5.74) is 4.95. The van der Waals surface area contributed by atoms with E-state index in [1.807, 2.05) is 67.6 Å². The van der Waals surface area contributed by atoms with Crippen molar-refractivity contribution in [2.24, 2.45) is 0 Å². The highest BCUT2D eigenvalue weighted by molar-refractivity contribution is 5.94. The summed E-state index contributed by atoms with van der Waals surface area (Å²) in [7, 11) is 0. The predicted molar refractivity (Wildman–Crippen MR) is 123 cm³/mol. The Labute approximate surface area is 182 Å². The van der Waals surface area contributed by atoms with E-state index >= 15 is 0 Å². The number of ether oxygens (including phenoxy) is 1. The van der Waals surface area contributed by atoms with Crippen LogP contribution in [0.3, 0.4) is 0 Å². The zero-order valence-corrected chi connectivity index (χ0v) is 18.0. The summed E-state index contributed by atoms with van der Waals surface area (Å²) in [6.45, 7) is 5.63. The number of para-hydroxylation sites is 2. The predicted octanol–water partition coefficient (Wildman–Crippen LogP) is 4.92. The van der Waals surface area contributed by atoms with Gasteiger partial charge in [-0.15, -0.1) is 0 Å². The fourth-order valence-corrected chi connectivity index (χ4v) is 3.63. The number of rotatable bonds is 8. The SMILES string of the molecule is CCc1ccc(OCCn2c(CNC(=O)c3cccc(C)c3)nc3ccccc32)cc1. The number of benzene rings is 3. The molecule has 5 heteroatoms. The van der Waals surface area contributed by atoms with Crippen LogP contribution in [0.5, 0.6) is 5.75 Å². The van der Waals surface area contributed by atoms with Crippen molar-refractivity contribution in [1.29, 1.82) is 0 Å². The molecule has 4 aromatic rings. The Morgan fingerprint density at radius 3 is 2.61 bits per heavy atom. The Hall–Kier alpha value is -3.60. The molecule has 0 aliphatic carbocycles. The summed E-state index contributed by atoms with van der Waals surface area (Å²) in [6.07, 6.45) is 1.01. The second-order valence-corrected chi connectivity index (χ2v) is 7.57. The van der Waals surface area contributed by atoms with E-state index in [0.29, 0.717) is 25.3 Å². The summed E-state index contributed by atoms with van der Waals surface area (Å²) in [4.78, 5) is 17.3. The van der Waals surface area contributed by atoms with Crippen LogP contribution in [-0.2, 0) is 19.5 Å². The highest BCUT2D eigenvalue weighted by atomic mass is 16.5. The lowest BCUT2D eigenvalue weighted by Gasteiger charge is -2.12. The zero-order valence-electron chi connectivity index (χ0n) is 18.0. The fourth-order valence-electron chi connectivity index (χ4n) is 3.63. The molecule has 0 saturated heterocycles. The average molecular weight is 414 g/mol. The quantitative estimate of drug-likeness (QED) is 0.446. The number of nitrogens with one attached hydrogen (secondary N) is 1. The molecule has 1 N–H and O–H groups in total. The van der Waals surface area contributed by atoms with E-state index in [2.05, 4.69) is 28.9 Å². The van der Waals surface area contributed by atoms with E-state index in [1.54, 1.807) is 0 Å². The lowest BCUT2D eigenvalue weighted by atomic mass is 10.1. The second kappa shape index (κ2) is 9.47. The molecular formula is C26H27N3O2. The van der Waals surface area contributed by atoms with Gasteiger partial charge in [-0.05, 0) is 55.3 Å². The second-order valence-electron chi connectivity index (χ2n) is 7.57. The molecule has 5 nitrogen and oxygen atoms in total. The van der Waals surface area contributed by atoms with Crippen molar-refractivity contribution in [3.05, 3.63) is 95.3 Å². The molecule has 0 fully saturated rings. The van der Waals surface area contributed by atoms with E-state index in [4.69, 9.17) is 9.72 Å². The minimum atomic E-state index is -0.102. The molecule has 4 rings (SSSR count). The lowest BCUT2D eigenvalue weighted by molar-refractivity contribution is 0.0949. The van der Waals surface area contributed by atoms with Crippen molar-refractivity contribution in [3.8, 4) is 5.75 Å². The van der Waals surface area contributed by atoms with Gasteiger partial charge in [-0.3, -0.25) is 4.79 Å². The minimum Gasteiger partial charge on any atom is -0.492 e. The van der Waals surface area contributed by atoms with E-state index in [1.165, 1.54) is 5.56 Å². The Kier molecular flexibility index (Phi) is 6.32. The molecule has 1 heterocycles. The van der Waals surface area contributed by atoms with Crippen LogP contribution in [0.1, 0.15) is 34.2 Å². The molecule has 0 bridgehead atoms. The van der Waals surface area contributed by atoms with E-state index in [9.17, 15) is 4.79 Å². The summed E-state index contributed by atoms with van der Waals surface area (Å²) in [5.74, 6) is 1.57. The largest absolute Gasteiger partial charge is 0.492 e. The molecule has 0 unspecified atom stereocenters. The molecule has 3 aromatic carbocycles. The van der Waals surface area contributed by atoms with Gasteiger partial charge < -0.3 is 14.6 Å². The van der Waals surface area contributed by atoms with Gasteiger partial charge >= 0.3 is 0 Å². The van der Waals surface area contributed by atoms with Crippen LogP contribution in [0.4, 0.5) is 0 Å². The number of fused-ring (bicyclic) bond motifs is 1. The monoisotopic (exact) mass is 413 g/mol. The molecule has 1 amide bonds. The van der Waals surface area contributed by atoms with Crippen molar-refractivity contribution in [2.45, 2.75) is 33.4 Å². The molecule has 1 aromatic heterocycles. The van der Waals surface area contributed by atoms with Gasteiger partial charge in [0.2, 0.25) is 0 Å². The number of carbonyl (C=O) groups excluding carboxylic acids is 1. The van der Waals surface area contributed by atoms with Gasteiger partial charge in [0.1, 0.15) is 18.2 Å². The van der Waals surface area contributed by atoms with Crippen molar-refractivity contribution in [3.63, 3.8) is 0 Å². The number of hydrogen-bond acceptors (Lipinski definition) is 3. The summed E-state index contributed by atoms with van der Waals surface area (Å²) < 4.78 is 8.07. The Balaban J connectivity index is 1.46. The Morgan fingerprint density at radius 1 is 1.03 bits per heavy atom.